The number of oxazole rings is 1. The molecule has 3 aliphatic heterocycles. The minimum absolute atomic E-state index is 0.102. The molecule has 0 saturated carbocycles. The zero-order chi connectivity index (χ0) is 33.6. The number of aryl methyl sites for hydroxylation is 1. The molecule has 13 nitrogen and oxygen atoms in total. The van der Waals surface area contributed by atoms with Gasteiger partial charge in [-0.2, -0.15) is 0 Å². The number of hydrogen-bond donors (Lipinski definition) is 3. The minimum atomic E-state index is -0.716. The number of aromatic nitrogens is 2. The second kappa shape index (κ2) is 15.3. The van der Waals surface area contributed by atoms with Gasteiger partial charge in [0.2, 0.25) is 5.91 Å². The Hall–Kier alpha value is -4.20. The molecule has 0 unspecified atom stereocenters. The molecule has 3 aliphatic rings. The molecule has 2 aromatic heterocycles. The van der Waals surface area contributed by atoms with Gasteiger partial charge in [-0.05, 0) is 68.6 Å². The largest absolute Gasteiger partial charge is 0.486 e. The highest BCUT2D eigenvalue weighted by Crippen LogP contribution is 2.26. The molecule has 258 valence electrons. The van der Waals surface area contributed by atoms with Gasteiger partial charge in [-0.1, -0.05) is 6.07 Å². The van der Waals surface area contributed by atoms with Gasteiger partial charge >= 0.3 is 0 Å². The van der Waals surface area contributed by atoms with Crippen molar-refractivity contribution < 1.29 is 23.8 Å². The van der Waals surface area contributed by atoms with E-state index in [9.17, 15) is 14.7 Å². The Kier molecular flexibility index (Phi) is 10.8. The molecule has 3 N–H and O–H groups in total. The van der Waals surface area contributed by atoms with Crippen LogP contribution in [-0.2, 0) is 24.4 Å². The maximum absolute atomic E-state index is 13.4. The number of amides is 2. The van der Waals surface area contributed by atoms with E-state index in [1.54, 1.807) is 13.0 Å². The van der Waals surface area contributed by atoms with Crippen LogP contribution in [0.25, 0.3) is 0 Å². The van der Waals surface area contributed by atoms with Crippen molar-refractivity contribution in [1.29, 1.82) is 0 Å². The van der Waals surface area contributed by atoms with E-state index in [0.717, 1.165) is 81.6 Å². The summed E-state index contributed by atoms with van der Waals surface area (Å²) < 4.78 is 11.3. The van der Waals surface area contributed by atoms with Gasteiger partial charge in [0, 0.05) is 84.0 Å². The van der Waals surface area contributed by atoms with Gasteiger partial charge in [-0.3, -0.25) is 14.5 Å². The smallest absolute Gasteiger partial charge is 0.251 e. The number of likely N-dealkylation sites (tertiary alicyclic amines) is 1. The highest BCUT2D eigenvalue weighted by molar-refractivity contribution is 5.95. The van der Waals surface area contributed by atoms with Crippen molar-refractivity contribution in [2.24, 2.45) is 0 Å². The third kappa shape index (κ3) is 8.63. The number of β-amino-alcohol motifs (C(OH)–C–C–N with tert-alkyl or cyclic N) is 1. The number of aliphatic hydroxyl groups excluding tert-OH is 1. The number of likely N-dealkylation sites (N-methyl/N-ethyl adjacent to an activating group) is 1. The summed E-state index contributed by atoms with van der Waals surface area (Å²) in [6.45, 7) is 10.9. The van der Waals surface area contributed by atoms with Crippen LogP contribution in [0.5, 0.6) is 5.75 Å². The summed E-state index contributed by atoms with van der Waals surface area (Å²) in [6, 6.07) is 9.95. The molecule has 0 aliphatic carbocycles. The van der Waals surface area contributed by atoms with Crippen LogP contribution in [0.15, 0.2) is 41.1 Å². The predicted molar refractivity (Wildman–Crippen MR) is 182 cm³/mol. The molecule has 13 heteroatoms. The molecule has 0 spiro atoms. The molecule has 1 atom stereocenters. The van der Waals surface area contributed by atoms with Crippen LogP contribution >= 0.6 is 0 Å². The Balaban J connectivity index is 1.03. The summed E-state index contributed by atoms with van der Waals surface area (Å²) >= 11 is 0. The number of hydrogen-bond acceptors (Lipinski definition) is 11. The fourth-order valence-electron chi connectivity index (χ4n) is 6.59. The number of aliphatic hydroxyl groups is 1. The van der Waals surface area contributed by atoms with E-state index >= 15 is 0 Å². The summed E-state index contributed by atoms with van der Waals surface area (Å²) in [7, 11) is 2.11. The van der Waals surface area contributed by atoms with Gasteiger partial charge in [-0.25, -0.2) is 9.97 Å². The first-order valence-corrected chi connectivity index (χ1v) is 17.0. The number of rotatable bonds is 11. The lowest BCUT2D eigenvalue weighted by Gasteiger charge is -2.34. The Labute approximate surface area is 282 Å². The monoisotopic (exact) mass is 660 g/mol. The maximum Gasteiger partial charge on any atom is 0.251 e. The molecule has 2 fully saturated rings. The number of fused-ring (bicyclic) bond motifs is 1. The summed E-state index contributed by atoms with van der Waals surface area (Å²) in [5, 5.41) is 17.4. The Bertz CT molecular complexity index is 1560. The summed E-state index contributed by atoms with van der Waals surface area (Å²) in [5.41, 5.74) is 3.79. The second-order valence-electron chi connectivity index (χ2n) is 13.2. The van der Waals surface area contributed by atoms with Crippen molar-refractivity contribution in [3.63, 3.8) is 0 Å². The number of nitrogens with one attached hydrogen (secondary N) is 2. The van der Waals surface area contributed by atoms with Gasteiger partial charge in [0.15, 0.2) is 12.2 Å². The van der Waals surface area contributed by atoms with Crippen molar-refractivity contribution >= 4 is 23.5 Å². The molecule has 48 heavy (non-hydrogen) atoms. The van der Waals surface area contributed by atoms with Crippen molar-refractivity contribution in [3.05, 3.63) is 64.9 Å². The topological polar surface area (TPSA) is 140 Å². The number of nitrogens with zero attached hydrogens (tertiary/aromatic N) is 6. The first-order chi connectivity index (χ1) is 23.2. The van der Waals surface area contributed by atoms with Gasteiger partial charge in [-0.15, -0.1) is 0 Å². The summed E-state index contributed by atoms with van der Waals surface area (Å²) in [6.07, 6.45) is 3.21. The number of carbonyl (C=O) groups excluding carboxylic acids is 2. The third-order valence-corrected chi connectivity index (χ3v) is 9.64. The van der Waals surface area contributed by atoms with Crippen LogP contribution in [0.1, 0.15) is 52.7 Å². The SMILES string of the molecule is CC(=O)N1CCC(Nc2cc(C(=O)NC[C@H](O)CN3CCc4cc(OCc5ocnc5C)ccc4C3)cc(N3CCN(C)CC3)n2)CC1. The lowest BCUT2D eigenvalue weighted by atomic mass is 9.99. The molecule has 3 aromatic rings. The lowest BCUT2D eigenvalue weighted by molar-refractivity contribution is -0.129. The van der Waals surface area contributed by atoms with E-state index in [1.807, 2.05) is 24.0 Å². The Morgan fingerprint density at radius 2 is 1.85 bits per heavy atom. The predicted octanol–water partition coefficient (Wildman–Crippen LogP) is 2.28. The fourth-order valence-corrected chi connectivity index (χ4v) is 6.59. The molecule has 2 amide bonds. The number of pyridine rings is 1. The van der Waals surface area contributed by atoms with E-state index in [-0.39, 0.29) is 24.4 Å². The highest BCUT2D eigenvalue weighted by Gasteiger charge is 2.24. The van der Waals surface area contributed by atoms with Crippen molar-refractivity contribution in [2.75, 3.05) is 76.2 Å². The van der Waals surface area contributed by atoms with Crippen molar-refractivity contribution in [3.8, 4) is 5.75 Å². The number of benzene rings is 1. The number of ether oxygens (including phenoxy) is 1. The van der Waals surface area contributed by atoms with E-state index in [2.05, 4.69) is 49.5 Å². The summed E-state index contributed by atoms with van der Waals surface area (Å²) in [5.74, 6) is 2.81. The number of anilines is 2. The number of carbonyl (C=O) groups is 2. The van der Waals surface area contributed by atoms with Gasteiger partial charge in [0.25, 0.3) is 5.91 Å². The standard InChI is InChI=1S/C35H48N8O5/c1-24-32(48-23-37-24)22-47-31-5-4-27-20-41(9-6-26(27)16-31)21-30(45)19-36-35(46)28-17-33(38-29-7-10-42(11-8-29)25(2)44)39-34(18-28)43-14-12-40(3)13-15-43/h4-5,16-18,23,29-30,45H,6-15,19-22H2,1-3H3,(H,36,46)(H,38,39)/t30-/m0/s1. The van der Waals surface area contributed by atoms with E-state index in [0.29, 0.717) is 37.6 Å². The molecular formula is C35H48N8O5. The average Bonchev–Trinajstić information content (AvgIpc) is 3.50. The van der Waals surface area contributed by atoms with Crippen molar-refractivity contribution in [2.45, 2.75) is 58.4 Å². The number of piperazine rings is 1. The Morgan fingerprint density at radius 1 is 1.06 bits per heavy atom. The van der Waals surface area contributed by atoms with Gasteiger partial charge in [0.1, 0.15) is 24.0 Å². The second-order valence-corrected chi connectivity index (χ2v) is 13.2. The maximum atomic E-state index is 13.4. The van der Waals surface area contributed by atoms with Crippen LogP contribution in [0.4, 0.5) is 11.6 Å². The quantitative estimate of drug-likeness (QED) is 0.279. The van der Waals surface area contributed by atoms with Gasteiger partial charge in [0.05, 0.1) is 11.8 Å². The molecule has 6 rings (SSSR count). The lowest BCUT2D eigenvalue weighted by Crippen LogP contribution is -2.45. The minimum Gasteiger partial charge on any atom is -0.486 e. The van der Waals surface area contributed by atoms with Crippen LogP contribution in [0, 0.1) is 6.92 Å². The molecular weight excluding hydrogens is 612 g/mol. The van der Waals surface area contributed by atoms with Crippen LogP contribution in [0.3, 0.4) is 0 Å². The molecule has 1 aromatic carbocycles. The molecule has 5 heterocycles. The first kappa shape index (κ1) is 33.7. The third-order valence-electron chi connectivity index (χ3n) is 9.64. The molecule has 0 bridgehead atoms. The molecule has 0 radical (unpaired) electrons. The van der Waals surface area contributed by atoms with Gasteiger partial charge < -0.3 is 39.6 Å². The van der Waals surface area contributed by atoms with Crippen LogP contribution in [0.2, 0.25) is 0 Å². The van der Waals surface area contributed by atoms with E-state index in [4.69, 9.17) is 14.1 Å². The normalized spacial score (nSPS) is 18.3. The first-order valence-electron chi connectivity index (χ1n) is 17.0. The van der Waals surface area contributed by atoms with E-state index < -0.39 is 6.10 Å². The zero-order valence-corrected chi connectivity index (χ0v) is 28.3. The summed E-state index contributed by atoms with van der Waals surface area (Å²) in [4.78, 5) is 42.8. The average molecular weight is 661 g/mol. The van der Waals surface area contributed by atoms with E-state index in [1.165, 1.54) is 17.5 Å². The van der Waals surface area contributed by atoms with Crippen LogP contribution < -0.4 is 20.3 Å². The molecule has 2 saturated heterocycles. The van der Waals surface area contributed by atoms with Crippen molar-refractivity contribution in [1.82, 2.24) is 30.0 Å². The number of piperidine rings is 1. The van der Waals surface area contributed by atoms with Crippen LogP contribution in [-0.4, -0.2) is 120 Å². The zero-order valence-electron chi connectivity index (χ0n) is 28.3. The fraction of sp³-hybridized carbons (Fsp3) is 0.543. The highest BCUT2D eigenvalue weighted by atomic mass is 16.5. The Morgan fingerprint density at radius 3 is 2.58 bits per heavy atom.